The van der Waals surface area contributed by atoms with Gasteiger partial charge in [0.05, 0.1) is 30.1 Å². The molecule has 0 heterocycles. The van der Waals surface area contributed by atoms with Crippen LogP contribution in [-0.4, -0.2) is 120 Å². The lowest BCUT2D eigenvalue weighted by Gasteiger charge is -2.50. The first-order valence-electron chi connectivity index (χ1n) is 14.5. The number of aliphatic hydroxyl groups excluding tert-OH is 2. The van der Waals surface area contributed by atoms with Crippen LogP contribution in [0.1, 0.15) is 43.1 Å². The summed E-state index contributed by atoms with van der Waals surface area (Å²) in [5, 5.41) is 51.1. The lowest BCUT2D eigenvalue weighted by Crippen LogP contribution is -2.63. The van der Waals surface area contributed by atoms with Crippen molar-refractivity contribution in [2.45, 2.75) is 50.8 Å². The van der Waals surface area contributed by atoms with E-state index < -0.39 is 79.8 Å². The molecule has 2 amide bonds. The Kier molecular flexibility index (Phi) is 10.3. The predicted octanol–water partition coefficient (Wildman–Crippen LogP) is 0.0172. The predicted molar refractivity (Wildman–Crippen MR) is 172 cm³/mol. The van der Waals surface area contributed by atoms with Gasteiger partial charge in [-0.25, -0.2) is 0 Å². The second-order valence-electron chi connectivity index (χ2n) is 13.4. The van der Waals surface area contributed by atoms with E-state index in [1.807, 2.05) is 20.8 Å². The Bertz CT molecular complexity index is 1680. The second kappa shape index (κ2) is 12.9. The van der Waals surface area contributed by atoms with Gasteiger partial charge in [0.1, 0.15) is 17.1 Å². The number of phenols is 1. The molecule has 0 fully saturated rings. The Morgan fingerprint density at radius 2 is 1.66 bits per heavy atom. The van der Waals surface area contributed by atoms with Crippen molar-refractivity contribution in [1.29, 1.82) is 0 Å². The molecule has 4 rings (SSSR count). The molecule has 9 N–H and O–H groups in total. The topological polar surface area (TPSA) is 260 Å². The maximum absolute atomic E-state index is 14.1. The van der Waals surface area contributed by atoms with Crippen molar-refractivity contribution in [1.82, 2.24) is 10.2 Å². The molecule has 17 heteroatoms. The zero-order valence-corrected chi connectivity index (χ0v) is 28.3. The third kappa shape index (κ3) is 7.28. The molecule has 0 bridgehead atoms. The number of hydrogen-bond acceptors (Lipinski definition) is 13. The molecular weight excluding hydrogens is 638 g/mol. The molecule has 1 aromatic carbocycles. The monoisotopic (exact) mass is 681 g/mol. The van der Waals surface area contributed by atoms with E-state index >= 15 is 0 Å². The van der Waals surface area contributed by atoms with Crippen LogP contribution in [0.4, 0.5) is 11.4 Å². The molecule has 0 aliphatic heterocycles. The van der Waals surface area contributed by atoms with Gasteiger partial charge < -0.3 is 41.7 Å². The molecule has 0 saturated carbocycles. The Balaban J connectivity index is 0.00000111. The number of nitrogens with one attached hydrogen (secondary N) is 2. The smallest absolute Gasteiger partial charge is 0.261 e. The highest BCUT2D eigenvalue weighted by atomic mass is 32.2. The summed E-state index contributed by atoms with van der Waals surface area (Å²) < 4.78 is 25.9. The van der Waals surface area contributed by atoms with Gasteiger partial charge in [-0.1, -0.05) is 0 Å². The first-order chi connectivity index (χ1) is 21.3. The summed E-state index contributed by atoms with van der Waals surface area (Å²) in [4.78, 5) is 55.6. The Hall–Kier alpha value is -4.03. The zero-order chi connectivity index (χ0) is 36.1. The molecule has 47 heavy (non-hydrogen) atoms. The van der Waals surface area contributed by atoms with Crippen LogP contribution in [0.15, 0.2) is 28.7 Å². The van der Waals surface area contributed by atoms with E-state index in [-0.39, 0.29) is 41.7 Å². The average molecular weight is 682 g/mol. The average Bonchev–Trinajstić information content (AvgIpc) is 2.89. The third-order valence-corrected chi connectivity index (χ3v) is 8.23. The minimum Gasteiger partial charge on any atom is -0.510 e. The number of likely N-dealkylation sites (N-methyl/N-ethyl adjacent to an activating group) is 1. The number of ketones is 2. The summed E-state index contributed by atoms with van der Waals surface area (Å²) in [6.45, 7) is 5.60. The van der Waals surface area contributed by atoms with Gasteiger partial charge in [-0.05, 0) is 65.3 Å². The number of Topliss-reactive ketones (excluding diaryl/α,β-unsaturated/α-hetero) is 2. The number of nitrogens with zero attached hydrogens (tertiary/aromatic N) is 2. The molecule has 260 valence electrons. The van der Waals surface area contributed by atoms with Crippen LogP contribution in [0.5, 0.6) is 5.75 Å². The summed E-state index contributed by atoms with van der Waals surface area (Å²) in [6, 6.07) is 0.487. The van der Waals surface area contributed by atoms with Crippen molar-refractivity contribution in [3.8, 4) is 5.75 Å². The van der Waals surface area contributed by atoms with Crippen molar-refractivity contribution < 1.29 is 52.6 Å². The number of amides is 2. The van der Waals surface area contributed by atoms with E-state index in [0.29, 0.717) is 17.5 Å². The number of hydrogen-bond donors (Lipinski definition) is 8. The summed E-state index contributed by atoms with van der Waals surface area (Å²) in [7, 11) is 2.95. The maximum atomic E-state index is 14.1. The number of nitrogens with two attached hydrogens (primary N) is 1. The molecule has 3 aliphatic carbocycles. The molecule has 4 atom stereocenters. The lowest BCUT2D eigenvalue weighted by atomic mass is 9.58. The number of fused-ring (bicyclic) bond motifs is 3. The van der Waals surface area contributed by atoms with Crippen molar-refractivity contribution in [3.05, 3.63) is 39.9 Å². The number of primary amides is 1. The summed E-state index contributed by atoms with van der Waals surface area (Å²) >= 11 is 0. The summed E-state index contributed by atoms with van der Waals surface area (Å²) in [5.41, 5.74) is 1.96. The van der Waals surface area contributed by atoms with E-state index in [2.05, 4.69) is 10.6 Å². The molecular formula is C30H43N5O11S. The fraction of sp³-hybridized carbons (Fsp3) is 0.533. The zero-order valence-electron chi connectivity index (χ0n) is 27.5. The third-order valence-electron chi connectivity index (χ3n) is 8.23. The molecule has 0 aromatic heterocycles. The number of phenolic OH excluding ortho intramolecular Hbond substituents is 1. The fourth-order valence-electron chi connectivity index (χ4n) is 6.33. The van der Waals surface area contributed by atoms with Crippen LogP contribution < -0.4 is 21.3 Å². The van der Waals surface area contributed by atoms with Crippen molar-refractivity contribution in [2.24, 2.45) is 17.6 Å². The van der Waals surface area contributed by atoms with E-state index in [1.165, 1.54) is 4.90 Å². The van der Waals surface area contributed by atoms with Crippen LogP contribution in [0.2, 0.25) is 0 Å². The van der Waals surface area contributed by atoms with Gasteiger partial charge in [0.15, 0.2) is 17.1 Å². The van der Waals surface area contributed by atoms with E-state index in [0.717, 1.165) is 0 Å². The van der Waals surface area contributed by atoms with E-state index in [4.69, 9.17) is 10.3 Å². The number of carbonyl (C=O) groups is 4. The number of carbonyl (C=O) groups excluding carboxylic acids is 4. The highest BCUT2D eigenvalue weighted by Crippen LogP contribution is 2.53. The number of aliphatic hydroxyl groups is 3. The second-order valence-corrected chi connectivity index (χ2v) is 14.9. The standard InChI is InChI=1S/C29H39N5O8.CH4O3S/c1-28(2,3)31-11-17(35)32-15-10-16(33(4)5)13-8-12-9-14-21(34(6)7)24(38)20(27(30)41)26(40)29(14,42)25(39)18(12)23(37)19(13)22(15)36;1-5(2,3)4/h10,12,14,21,31,36,38-39,42H,8-9,11H2,1-7H3,(H2,30,41)(H,32,35);1H3,(H,2,3,4)/t12-,14-,21-,29-;/m0./s1. The minimum absolute atomic E-state index is 0.0175. The molecule has 3 aliphatic rings. The largest absolute Gasteiger partial charge is 0.510 e. The highest BCUT2D eigenvalue weighted by molar-refractivity contribution is 7.85. The molecule has 0 radical (unpaired) electrons. The number of rotatable bonds is 6. The Labute approximate surface area is 272 Å². The van der Waals surface area contributed by atoms with E-state index in [1.54, 1.807) is 39.2 Å². The first-order valence-corrected chi connectivity index (χ1v) is 16.4. The SMILES string of the molecule is CN(C)c1cc(NC(=O)CNC(C)(C)C)c(O)c2c1C[C@H]1C[C@H]3[C@H](N(C)C)C(O)=C(C(N)=O)C(=O)[C@@]3(O)C(O)=C1C2=O.CS(=O)(=O)O. The number of allylic oxidation sites excluding steroid dienone is 1. The van der Waals surface area contributed by atoms with Crippen LogP contribution in [0.3, 0.4) is 0 Å². The molecule has 0 saturated heterocycles. The van der Waals surface area contributed by atoms with Gasteiger partial charge >= 0.3 is 0 Å². The highest BCUT2D eigenvalue weighted by Gasteiger charge is 2.63. The summed E-state index contributed by atoms with van der Waals surface area (Å²) in [6.07, 6.45) is 0.832. The Morgan fingerprint density at radius 3 is 2.13 bits per heavy atom. The number of anilines is 2. The Morgan fingerprint density at radius 1 is 1.11 bits per heavy atom. The van der Waals surface area contributed by atoms with Gasteiger partial charge in [0, 0.05) is 36.8 Å². The lowest BCUT2D eigenvalue weighted by molar-refractivity contribution is -0.148. The molecule has 16 nitrogen and oxygen atoms in total. The van der Waals surface area contributed by atoms with Crippen LogP contribution in [0, 0.1) is 11.8 Å². The molecule has 0 spiro atoms. The van der Waals surface area contributed by atoms with Crippen molar-refractivity contribution in [2.75, 3.05) is 51.2 Å². The number of benzene rings is 1. The van der Waals surface area contributed by atoms with Gasteiger partial charge in [-0.2, -0.15) is 8.42 Å². The maximum Gasteiger partial charge on any atom is 0.261 e. The van der Waals surface area contributed by atoms with Crippen molar-refractivity contribution >= 4 is 44.9 Å². The van der Waals surface area contributed by atoms with Gasteiger partial charge in [0.25, 0.3) is 16.0 Å². The van der Waals surface area contributed by atoms with Crippen LogP contribution >= 0.6 is 0 Å². The van der Waals surface area contributed by atoms with Gasteiger partial charge in [0.2, 0.25) is 11.7 Å². The quantitative estimate of drug-likeness (QED) is 0.112. The normalized spacial score (nSPS) is 24.2. The molecule has 1 aromatic rings. The fourth-order valence-corrected chi connectivity index (χ4v) is 6.33. The first kappa shape index (κ1) is 37.4. The molecule has 0 unspecified atom stereocenters. The van der Waals surface area contributed by atoms with Crippen LogP contribution in [0.25, 0.3) is 0 Å². The number of aromatic hydroxyl groups is 1. The van der Waals surface area contributed by atoms with E-state index in [9.17, 15) is 48.0 Å². The van der Waals surface area contributed by atoms with Gasteiger partial charge in [-0.15, -0.1) is 0 Å². The minimum atomic E-state index is -3.67. The van der Waals surface area contributed by atoms with Crippen molar-refractivity contribution in [3.63, 3.8) is 0 Å². The van der Waals surface area contributed by atoms with Crippen LogP contribution in [-0.2, 0) is 30.9 Å². The summed E-state index contributed by atoms with van der Waals surface area (Å²) in [5.74, 6) is -7.79. The van der Waals surface area contributed by atoms with Gasteiger partial charge in [-0.3, -0.25) is 28.6 Å².